The summed E-state index contributed by atoms with van der Waals surface area (Å²) in [5.74, 6) is 1.26. The highest BCUT2D eigenvalue weighted by atomic mass is 16.1. The van der Waals surface area contributed by atoms with E-state index < -0.39 is 0 Å². The van der Waals surface area contributed by atoms with Crippen LogP contribution in [0.1, 0.15) is 51.4 Å². The molecule has 1 atom stereocenters. The average Bonchev–Trinajstić information content (AvgIpc) is 2.96. The zero-order valence-electron chi connectivity index (χ0n) is 9.95. The fraction of sp³-hybridized carbons (Fsp3) is 0.786. The molecule has 3 rings (SSSR count). The van der Waals surface area contributed by atoms with Crippen LogP contribution in [0.15, 0.2) is 11.8 Å². The number of hydrogen-bond acceptors (Lipinski definition) is 2. The van der Waals surface area contributed by atoms with Crippen molar-refractivity contribution >= 4 is 5.78 Å². The maximum absolute atomic E-state index is 11.3. The van der Waals surface area contributed by atoms with Crippen LogP contribution in [-0.2, 0) is 4.79 Å². The molecule has 0 bridgehead atoms. The van der Waals surface area contributed by atoms with Gasteiger partial charge in [-0.05, 0) is 38.0 Å². The van der Waals surface area contributed by atoms with Gasteiger partial charge in [-0.1, -0.05) is 12.8 Å². The monoisotopic (exact) mass is 219 g/mol. The van der Waals surface area contributed by atoms with Gasteiger partial charge in [-0.3, -0.25) is 4.79 Å². The number of likely N-dealkylation sites (tertiary alicyclic amines) is 1. The Labute approximate surface area is 97.7 Å². The summed E-state index contributed by atoms with van der Waals surface area (Å²) in [6, 6.07) is 0.764. The molecule has 2 fully saturated rings. The molecular formula is C14H21NO. The molecule has 0 aromatic rings. The van der Waals surface area contributed by atoms with E-state index >= 15 is 0 Å². The van der Waals surface area contributed by atoms with Crippen LogP contribution >= 0.6 is 0 Å². The predicted octanol–water partition coefficient (Wildman–Crippen LogP) is 2.89. The first kappa shape index (κ1) is 10.4. The molecule has 1 saturated carbocycles. The third kappa shape index (κ3) is 1.79. The third-order valence-electron chi connectivity index (χ3n) is 4.57. The Hall–Kier alpha value is -0.790. The van der Waals surface area contributed by atoms with Gasteiger partial charge in [-0.2, -0.15) is 0 Å². The van der Waals surface area contributed by atoms with Crippen LogP contribution in [0, 0.1) is 5.92 Å². The second kappa shape index (κ2) is 4.23. The molecule has 1 unspecified atom stereocenters. The van der Waals surface area contributed by atoms with Gasteiger partial charge >= 0.3 is 0 Å². The van der Waals surface area contributed by atoms with E-state index in [9.17, 15) is 4.79 Å². The fourth-order valence-corrected chi connectivity index (χ4v) is 3.79. The fourth-order valence-electron chi connectivity index (χ4n) is 3.79. The van der Waals surface area contributed by atoms with E-state index in [0.29, 0.717) is 5.78 Å². The van der Waals surface area contributed by atoms with Crippen LogP contribution in [0.3, 0.4) is 0 Å². The summed E-state index contributed by atoms with van der Waals surface area (Å²) in [5, 5.41) is 0. The SMILES string of the molecule is O=C1C=C(N2CCCC2C2CCCC2)CC1. The third-order valence-corrected chi connectivity index (χ3v) is 4.57. The van der Waals surface area contributed by atoms with Crippen LogP contribution in [0.2, 0.25) is 0 Å². The van der Waals surface area contributed by atoms with Crippen molar-refractivity contribution in [3.8, 4) is 0 Å². The topological polar surface area (TPSA) is 20.3 Å². The predicted molar refractivity (Wildman–Crippen MR) is 64.0 cm³/mol. The molecule has 0 aromatic carbocycles. The molecule has 1 heterocycles. The number of hydrogen-bond donors (Lipinski definition) is 0. The highest BCUT2D eigenvalue weighted by Gasteiger charge is 2.35. The highest BCUT2D eigenvalue weighted by molar-refractivity contribution is 5.92. The van der Waals surface area contributed by atoms with Gasteiger partial charge in [-0.15, -0.1) is 0 Å². The number of ketones is 1. The molecule has 1 saturated heterocycles. The van der Waals surface area contributed by atoms with Crippen molar-refractivity contribution in [3.05, 3.63) is 11.8 Å². The van der Waals surface area contributed by atoms with Crippen LogP contribution in [0.4, 0.5) is 0 Å². The number of rotatable bonds is 2. The first-order valence-corrected chi connectivity index (χ1v) is 6.84. The van der Waals surface area contributed by atoms with E-state index in [-0.39, 0.29) is 0 Å². The minimum absolute atomic E-state index is 0.340. The van der Waals surface area contributed by atoms with Gasteiger partial charge in [0.25, 0.3) is 0 Å². The Morgan fingerprint density at radius 2 is 1.88 bits per heavy atom. The standard InChI is InChI=1S/C14H21NO/c16-13-8-7-12(10-13)15-9-3-6-14(15)11-4-1-2-5-11/h10-11,14H,1-9H2. The zero-order chi connectivity index (χ0) is 11.0. The molecule has 0 spiro atoms. The Balaban J connectivity index is 1.73. The Morgan fingerprint density at radius 1 is 1.06 bits per heavy atom. The Kier molecular flexibility index (Phi) is 2.74. The number of nitrogens with zero attached hydrogens (tertiary/aromatic N) is 1. The molecule has 3 aliphatic rings. The van der Waals surface area contributed by atoms with E-state index in [2.05, 4.69) is 4.90 Å². The van der Waals surface area contributed by atoms with Crippen molar-refractivity contribution in [1.29, 1.82) is 0 Å². The van der Waals surface area contributed by atoms with Crippen molar-refractivity contribution in [2.45, 2.75) is 57.4 Å². The maximum atomic E-state index is 11.3. The van der Waals surface area contributed by atoms with Crippen molar-refractivity contribution < 1.29 is 4.79 Å². The van der Waals surface area contributed by atoms with Gasteiger partial charge in [0.05, 0.1) is 0 Å². The lowest BCUT2D eigenvalue weighted by Gasteiger charge is -2.32. The molecule has 0 aromatic heterocycles. The van der Waals surface area contributed by atoms with Gasteiger partial charge in [0, 0.05) is 30.8 Å². The molecule has 0 amide bonds. The van der Waals surface area contributed by atoms with E-state index in [1.165, 1.54) is 50.8 Å². The van der Waals surface area contributed by atoms with Crippen LogP contribution < -0.4 is 0 Å². The number of carbonyl (C=O) groups is 1. The normalized spacial score (nSPS) is 31.5. The summed E-state index contributed by atoms with van der Waals surface area (Å²) in [6.07, 6.45) is 12.0. The van der Waals surface area contributed by atoms with Crippen LogP contribution in [0.5, 0.6) is 0 Å². The second-order valence-electron chi connectivity index (χ2n) is 5.55. The molecule has 88 valence electrons. The summed E-state index contributed by atoms with van der Waals surface area (Å²) in [4.78, 5) is 13.9. The van der Waals surface area contributed by atoms with E-state index in [0.717, 1.165) is 24.8 Å². The highest BCUT2D eigenvalue weighted by Crippen LogP contribution is 2.38. The molecule has 2 nitrogen and oxygen atoms in total. The molecule has 1 aliphatic heterocycles. The quantitative estimate of drug-likeness (QED) is 0.711. The summed E-state index contributed by atoms with van der Waals surface area (Å²) in [5.41, 5.74) is 1.35. The van der Waals surface area contributed by atoms with Gasteiger partial charge in [0.2, 0.25) is 0 Å². The van der Waals surface area contributed by atoms with Gasteiger partial charge in [-0.25, -0.2) is 0 Å². The number of allylic oxidation sites excluding steroid dienone is 2. The molecule has 0 N–H and O–H groups in total. The summed E-state index contributed by atoms with van der Waals surface area (Å²) in [7, 11) is 0. The summed E-state index contributed by atoms with van der Waals surface area (Å²) in [6.45, 7) is 1.19. The van der Waals surface area contributed by atoms with Gasteiger partial charge in [0.1, 0.15) is 0 Å². The van der Waals surface area contributed by atoms with Crippen molar-refractivity contribution in [2.24, 2.45) is 5.92 Å². The van der Waals surface area contributed by atoms with Crippen LogP contribution in [0.25, 0.3) is 0 Å². The largest absolute Gasteiger partial charge is 0.371 e. The Bertz CT molecular complexity index is 315. The second-order valence-corrected chi connectivity index (χ2v) is 5.55. The smallest absolute Gasteiger partial charge is 0.157 e. The molecule has 2 heteroatoms. The average molecular weight is 219 g/mol. The van der Waals surface area contributed by atoms with Crippen molar-refractivity contribution in [1.82, 2.24) is 4.90 Å². The minimum Gasteiger partial charge on any atom is -0.371 e. The van der Waals surface area contributed by atoms with Crippen molar-refractivity contribution in [2.75, 3.05) is 6.54 Å². The first-order chi connectivity index (χ1) is 7.84. The van der Waals surface area contributed by atoms with Gasteiger partial charge < -0.3 is 4.90 Å². The molecule has 0 radical (unpaired) electrons. The maximum Gasteiger partial charge on any atom is 0.157 e. The summed E-state index contributed by atoms with van der Waals surface area (Å²) >= 11 is 0. The van der Waals surface area contributed by atoms with E-state index in [4.69, 9.17) is 0 Å². The lowest BCUT2D eigenvalue weighted by atomic mass is 9.95. The van der Waals surface area contributed by atoms with Gasteiger partial charge in [0.15, 0.2) is 5.78 Å². The zero-order valence-corrected chi connectivity index (χ0v) is 9.95. The molecule has 16 heavy (non-hydrogen) atoms. The summed E-state index contributed by atoms with van der Waals surface area (Å²) < 4.78 is 0. The van der Waals surface area contributed by atoms with E-state index in [1.807, 2.05) is 6.08 Å². The molecular weight excluding hydrogens is 198 g/mol. The lowest BCUT2D eigenvalue weighted by molar-refractivity contribution is -0.114. The first-order valence-electron chi connectivity index (χ1n) is 6.84. The van der Waals surface area contributed by atoms with Crippen LogP contribution in [-0.4, -0.2) is 23.3 Å². The molecule has 2 aliphatic carbocycles. The lowest BCUT2D eigenvalue weighted by Crippen LogP contribution is -2.33. The minimum atomic E-state index is 0.340. The number of carbonyl (C=O) groups excluding carboxylic acids is 1. The van der Waals surface area contributed by atoms with Crippen molar-refractivity contribution in [3.63, 3.8) is 0 Å². The Morgan fingerprint density at radius 3 is 2.56 bits per heavy atom. The van der Waals surface area contributed by atoms with E-state index in [1.54, 1.807) is 0 Å².